The van der Waals surface area contributed by atoms with Gasteiger partial charge in [-0.1, -0.05) is 18.2 Å². The smallest absolute Gasteiger partial charge is 0.331 e. The minimum absolute atomic E-state index is 0.159. The lowest BCUT2D eigenvalue weighted by molar-refractivity contribution is -0.148. The highest BCUT2D eigenvalue weighted by Gasteiger charge is 2.19. The van der Waals surface area contributed by atoms with Crippen molar-refractivity contribution in [2.24, 2.45) is 0 Å². The van der Waals surface area contributed by atoms with Crippen LogP contribution in [0.1, 0.15) is 26.3 Å². The van der Waals surface area contributed by atoms with E-state index in [0.29, 0.717) is 18.8 Å². The first-order valence-corrected chi connectivity index (χ1v) is 9.96. The van der Waals surface area contributed by atoms with Crippen molar-refractivity contribution >= 4 is 18.3 Å². The van der Waals surface area contributed by atoms with Crippen molar-refractivity contribution in [3.63, 3.8) is 0 Å². The van der Waals surface area contributed by atoms with Gasteiger partial charge in [0.1, 0.15) is 30.3 Å². The van der Waals surface area contributed by atoms with Gasteiger partial charge in [0.15, 0.2) is 0 Å². The highest BCUT2D eigenvalue weighted by molar-refractivity contribution is 5.87. The number of esters is 1. The van der Waals surface area contributed by atoms with Crippen molar-refractivity contribution in [3.05, 3.63) is 35.9 Å². The topological polar surface area (TPSA) is 79.3 Å². The molecule has 29 heavy (non-hydrogen) atoms. The van der Waals surface area contributed by atoms with Gasteiger partial charge in [-0.25, -0.2) is 4.79 Å². The first-order chi connectivity index (χ1) is 13.8. The standard InChI is InChI=1S/C22H32N2O5/c1-22(2,3)29-21(27)9-8-18-6-4-5-7-20(18)28-17-19(26)16-24-12-10-23(11-13-24)14-15-25/h4-9,15,19,26H,10-14,16-17H2,1-3H3. The molecule has 1 aromatic rings. The summed E-state index contributed by atoms with van der Waals surface area (Å²) < 4.78 is 11.1. The van der Waals surface area contributed by atoms with Crippen LogP contribution in [0, 0.1) is 0 Å². The maximum atomic E-state index is 11.9. The number of rotatable bonds is 9. The van der Waals surface area contributed by atoms with Crippen LogP contribution in [0.3, 0.4) is 0 Å². The maximum absolute atomic E-state index is 11.9. The van der Waals surface area contributed by atoms with Gasteiger partial charge < -0.3 is 19.4 Å². The first-order valence-electron chi connectivity index (χ1n) is 9.96. The van der Waals surface area contributed by atoms with Crippen LogP contribution >= 0.6 is 0 Å². The molecule has 1 aromatic carbocycles. The number of para-hydroxylation sites is 1. The number of hydrogen-bond donors (Lipinski definition) is 1. The minimum Gasteiger partial charge on any atom is -0.490 e. The van der Waals surface area contributed by atoms with E-state index < -0.39 is 17.7 Å². The number of aliphatic hydroxyl groups excluding tert-OH is 1. The molecule has 1 fully saturated rings. The van der Waals surface area contributed by atoms with E-state index in [9.17, 15) is 14.7 Å². The van der Waals surface area contributed by atoms with Crippen LogP contribution in [0.5, 0.6) is 5.75 Å². The van der Waals surface area contributed by atoms with Crippen molar-refractivity contribution in [2.75, 3.05) is 45.9 Å². The van der Waals surface area contributed by atoms with Gasteiger partial charge in [-0.15, -0.1) is 0 Å². The van der Waals surface area contributed by atoms with Crippen molar-refractivity contribution in [1.29, 1.82) is 0 Å². The number of aliphatic hydroxyl groups is 1. The monoisotopic (exact) mass is 404 g/mol. The summed E-state index contributed by atoms with van der Waals surface area (Å²) >= 11 is 0. The third-order valence-corrected chi connectivity index (χ3v) is 4.42. The molecule has 7 heteroatoms. The average Bonchev–Trinajstić information content (AvgIpc) is 2.66. The van der Waals surface area contributed by atoms with Crippen LogP contribution in [0.4, 0.5) is 0 Å². The Morgan fingerprint density at radius 1 is 1.17 bits per heavy atom. The van der Waals surface area contributed by atoms with Crippen molar-refractivity contribution in [2.45, 2.75) is 32.5 Å². The quantitative estimate of drug-likeness (QED) is 0.380. The van der Waals surface area contributed by atoms with Gasteiger partial charge in [-0.05, 0) is 32.9 Å². The molecule has 2 rings (SSSR count). The molecule has 1 unspecified atom stereocenters. The second-order valence-corrected chi connectivity index (χ2v) is 8.14. The van der Waals surface area contributed by atoms with E-state index in [1.165, 1.54) is 6.08 Å². The normalized spacial score (nSPS) is 17.2. The summed E-state index contributed by atoms with van der Waals surface area (Å²) in [6.45, 7) is 9.89. The molecule has 1 aliphatic rings. The molecule has 0 aliphatic carbocycles. The second-order valence-electron chi connectivity index (χ2n) is 8.14. The zero-order chi connectivity index (χ0) is 21.3. The Balaban J connectivity index is 1.83. The number of benzene rings is 1. The Hall–Kier alpha value is -2.22. The van der Waals surface area contributed by atoms with Crippen LogP contribution in [-0.4, -0.2) is 84.7 Å². The molecule has 160 valence electrons. The Labute approximate surface area is 172 Å². The van der Waals surface area contributed by atoms with Crippen LogP contribution in [0.2, 0.25) is 0 Å². The Morgan fingerprint density at radius 3 is 2.48 bits per heavy atom. The summed E-state index contributed by atoms with van der Waals surface area (Å²) in [6, 6.07) is 7.35. The molecule has 0 amide bonds. The number of aldehydes is 1. The van der Waals surface area contributed by atoms with E-state index in [0.717, 1.165) is 38.0 Å². The molecule has 1 N–H and O–H groups in total. The largest absolute Gasteiger partial charge is 0.490 e. The van der Waals surface area contributed by atoms with Crippen LogP contribution in [0.15, 0.2) is 30.3 Å². The van der Waals surface area contributed by atoms with Gasteiger partial charge in [0.2, 0.25) is 0 Å². The van der Waals surface area contributed by atoms with E-state index in [1.807, 2.05) is 39.0 Å². The first kappa shape index (κ1) is 23.1. The predicted molar refractivity (Wildman–Crippen MR) is 112 cm³/mol. The molecular formula is C22H32N2O5. The average molecular weight is 405 g/mol. The summed E-state index contributed by atoms with van der Waals surface area (Å²) in [5.41, 5.74) is 0.202. The van der Waals surface area contributed by atoms with E-state index >= 15 is 0 Å². The fraction of sp³-hybridized carbons (Fsp3) is 0.545. The molecule has 1 heterocycles. The van der Waals surface area contributed by atoms with Crippen molar-refractivity contribution in [3.8, 4) is 5.75 Å². The summed E-state index contributed by atoms with van der Waals surface area (Å²) in [6.07, 6.45) is 3.33. The van der Waals surface area contributed by atoms with Crippen LogP contribution in [-0.2, 0) is 14.3 Å². The van der Waals surface area contributed by atoms with Crippen LogP contribution in [0.25, 0.3) is 6.08 Å². The molecule has 0 aromatic heterocycles. The zero-order valence-electron chi connectivity index (χ0n) is 17.5. The van der Waals surface area contributed by atoms with Gasteiger partial charge in [0, 0.05) is 44.4 Å². The van der Waals surface area contributed by atoms with E-state index in [-0.39, 0.29) is 6.61 Å². The SMILES string of the molecule is CC(C)(C)OC(=O)C=Cc1ccccc1OCC(O)CN1CCN(CC=O)CC1. The zero-order valence-corrected chi connectivity index (χ0v) is 17.5. The Morgan fingerprint density at radius 2 is 1.83 bits per heavy atom. The van der Waals surface area contributed by atoms with Crippen molar-refractivity contribution < 1.29 is 24.2 Å². The fourth-order valence-electron chi connectivity index (χ4n) is 3.04. The maximum Gasteiger partial charge on any atom is 0.331 e. The molecule has 0 radical (unpaired) electrons. The summed E-state index contributed by atoms with van der Waals surface area (Å²) in [5, 5.41) is 10.3. The third-order valence-electron chi connectivity index (χ3n) is 4.42. The molecular weight excluding hydrogens is 372 g/mol. The Bertz CT molecular complexity index is 691. The molecule has 1 atom stereocenters. The number of carbonyl (C=O) groups excluding carboxylic acids is 2. The number of β-amino-alcohol motifs (C(OH)–C–C–N with tert-alkyl or cyclic N) is 1. The lowest BCUT2D eigenvalue weighted by Gasteiger charge is -2.34. The van der Waals surface area contributed by atoms with Crippen LogP contribution < -0.4 is 4.74 Å². The van der Waals surface area contributed by atoms with E-state index in [2.05, 4.69) is 9.80 Å². The molecule has 0 bridgehead atoms. The highest BCUT2D eigenvalue weighted by Crippen LogP contribution is 2.20. The lowest BCUT2D eigenvalue weighted by atomic mass is 10.1. The number of piperazine rings is 1. The third kappa shape index (κ3) is 8.77. The van der Waals surface area contributed by atoms with Gasteiger partial charge in [0.25, 0.3) is 0 Å². The number of hydrogen-bond acceptors (Lipinski definition) is 7. The van der Waals surface area contributed by atoms with Crippen molar-refractivity contribution in [1.82, 2.24) is 9.80 Å². The van der Waals surface area contributed by atoms with Gasteiger partial charge in [-0.3, -0.25) is 9.80 Å². The van der Waals surface area contributed by atoms with Gasteiger partial charge in [-0.2, -0.15) is 0 Å². The van der Waals surface area contributed by atoms with Gasteiger partial charge in [0.05, 0.1) is 6.54 Å². The van der Waals surface area contributed by atoms with E-state index in [4.69, 9.17) is 9.47 Å². The number of ether oxygens (including phenoxy) is 2. The summed E-state index contributed by atoms with van der Waals surface area (Å²) in [5.74, 6) is 0.184. The summed E-state index contributed by atoms with van der Waals surface area (Å²) in [7, 11) is 0. The second kappa shape index (κ2) is 11.1. The lowest BCUT2D eigenvalue weighted by Crippen LogP contribution is -2.49. The summed E-state index contributed by atoms with van der Waals surface area (Å²) in [4.78, 5) is 26.7. The number of carbonyl (C=O) groups is 2. The Kier molecular flexibility index (Phi) is 8.82. The van der Waals surface area contributed by atoms with E-state index in [1.54, 1.807) is 12.1 Å². The highest BCUT2D eigenvalue weighted by atomic mass is 16.6. The number of nitrogens with zero attached hydrogens (tertiary/aromatic N) is 2. The molecule has 1 aliphatic heterocycles. The fourth-order valence-corrected chi connectivity index (χ4v) is 3.04. The molecule has 0 spiro atoms. The minimum atomic E-state index is -0.629. The molecule has 1 saturated heterocycles. The van der Waals surface area contributed by atoms with Gasteiger partial charge >= 0.3 is 5.97 Å². The molecule has 0 saturated carbocycles. The predicted octanol–water partition coefficient (Wildman–Crippen LogP) is 1.60. The molecule has 7 nitrogen and oxygen atoms in total.